The number of esters is 1. The van der Waals surface area contributed by atoms with Gasteiger partial charge in [-0.25, -0.2) is 4.79 Å². The van der Waals surface area contributed by atoms with Crippen molar-refractivity contribution in [2.45, 2.75) is 32.5 Å². The third-order valence-electron chi connectivity index (χ3n) is 4.49. The Balaban J connectivity index is 1.35. The fourth-order valence-electron chi connectivity index (χ4n) is 3.09. The first-order chi connectivity index (χ1) is 13.1. The lowest BCUT2D eigenvalue weighted by Gasteiger charge is -2.29. The lowest BCUT2D eigenvalue weighted by Crippen LogP contribution is -2.42. The van der Waals surface area contributed by atoms with Crippen molar-refractivity contribution in [3.05, 3.63) is 64.0 Å². The molecule has 0 fully saturated rings. The number of amides is 1. The van der Waals surface area contributed by atoms with Gasteiger partial charge in [-0.3, -0.25) is 9.48 Å². The van der Waals surface area contributed by atoms with Gasteiger partial charge >= 0.3 is 5.97 Å². The number of aromatic nitrogens is 2. The zero-order valence-corrected chi connectivity index (χ0v) is 15.6. The van der Waals surface area contributed by atoms with Crippen LogP contribution in [0.3, 0.4) is 0 Å². The highest BCUT2D eigenvalue weighted by Gasteiger charge is 2.28. The Morgan fingerprint density at radius 2 is 2.26 bits per heavy atom. The molecule has 0 aromatic carbocycles. The highest BCUT2D eigenvalue weighted by molar-refractivity contribution is 7.10. The van der Waals surface area contributed by atoms with Crippen LogP contribution in [0.4, 0.5) is 0 Å². The number of furan rings is 1. The SMILES string of the molecule is CC(OC(=O)c1ccc(Cn2cccn2)o1)C(=O)N1CCc2sccc2C1. The quantitative estimate of drug-likeness (QED) is 0.631. The van der Waals surface area contributed by atoms with Crippen LogP contribution in [-0.2, 0) is 29.0 Å². The van der Waals surface area contributed by atoms with Crippen molar-refractivity contribution in [3.8, 4) is 0 Å². The average Bonchev–Trinajstić information content (AvgIpc) is 3.42. The van der Waals surface area contributed by atoms with Crippen LogP contribution < -0.4 is 0 Å². The summed E-state index contributed by atoms with van der Waals surface area (Å²) in [5.74, 6) is -0.166. The molecule has 1 atom stereocenters. The lowest BCUT2D eigenvalue weighted by molar-refractivity contribution is -0.140. The molecule has 4 rings (SSSR count). The Bertz CT molecular complexity index is 944. The smallest absolute Gasteiger partial charge is 0.375 e. The largest absolute Gasteiger partial charge is 0.452 e. The van der Waals surface area contributed by atoms with Gasteiger partial charge in [0.2, 0.25) is 5.76 Å². The van der Waals surface area contributed by atoms with E-state index in [1.165, 1.54) is 10.4 Å². The van der Waals surface area contributed by atoms with Crippen molar-refractivity contribution < 1.29 is 18.7 Å². The lowest BCUT2D eigenvalue weighted by atomic mass is 10.1. The molecule has 3 aromatic rings. The summed E-state index contributed by atoms with van der Waals surface area (Å²) in [4.78, 5) is 28.0. The fraction of sp³-hybridized carbons (Fsp3) is 0.316. The normalized spacial score (nSPS) is 14.6. The molecular weight excluding hydrogens is 366 g/mol. The van der Waals surface area contributed by atoms with Crippen molar-refractivity contribution in [2.75, 3.05) is 6.54 Å². The molecule has 0 saturated heterocycles. The number of rotatable bonds is 5. The van der Waals surface area contributed by atoms with Gasteiger partial charge in [0.05, 0.1) is 6.54 Å². The molecule has 0 radical (unpaired) electrons. The van der Waals surface area contributed by atoms with Gasteiger partial charge in [-0.15, -0.1) is 11.3 Å². The molecule has 0 spiro atoms. The summed E-state index contributed by atoms with van der Waals surface area (Å²) in [6.45, 7) is 3.22. The molecule has 1 aliphatic rings. The number of thiophene rings is 1. The van der Waals surface area contributed by atoms with Crippen molar-refractivity contribution >= 4 is 23.2 Å². The van der Waals surface area contributed by atoms with E-state index in [1.54, 1.807) is 52.4 Å². The standard InChI is InChI=1S/C19H19N3O4S/c1-13(18(23)21-9-5-17-14(11-21)6-10-27-17)25-19(24)16-4-3-15(26-16)12-22-8-2-7-20-22/h2-4,6-8,10,13H,5,9,11-12H2,1H3. The van der Waals surface area contributed by atoms with Crippen molar-refractivity contribution in [3.63, 3.8) is 0 Å². The van der Waals surface area contributed by atoms with Crippen LogP contribution in [0.15, 0.2) is 46.5 Å². The molecule has 0 saturated carbocycles. The summed E-state index contributed by atoms with van der Waals surface area (Å²) in [6, 6.07) is 7.11. The average molecular weight is 385 g/mol. The van der Waals surface area contributed by atoms with E-state index in [-0.39, 0.29) is 11.7 Å². The molecule has 4 heterocycles. The van der Waals surface area contributed by atoms with Crippen molar-refractivity contribution in [2.24, 2.45) is 0 Å². The van der Waals surface area contributed by atoms with E-state index >= 15 is 0 Å². The van der Waals surface area contributed by atoms with Crippen molar-refractivity contribution in [1.29, 1.82) is 0 Å². The van der Waals surface area contributed by atoms with E-state index in [9.17, 15) is 9.59 Å². The van der Waals surface area contributed by atoms with E-state index in [4.69, 9.17) is 9.15 Å². The van der Waals surface area contributed by atoms with Crippen LogP contribution in [0.25, 0.3) is 0 Å². The first-order valence-corrected chi connectivity index (χ1v) is 9.59. The van der Waals surface area contributed by atoms with Crippen LogP contribution >= 0.6 is 11.3 Å². The molecular formula is C19H19N3O4S. The zero-order chi connectivity index (χ0) is 18.8. The van der Waals surface area contributed by atoms with E-state index in [1.807, 2.05) is 17.5 Å². The molecule has 7 nitrogen and oxygen atoms in total. The zero-order valence-electron chi connectivity index (χ0n) is 14.8. The van der Waals surface area contributed by atoms with E-state index < -0.39 is 12.1 Å². The van der Waals surface area contributed by atoms with E-state index in [0.717, 1.165) is 6.42 Å². The summed E-state index contributed by atoms with van der Waals surface area (Å²) < 4.78 is 12.5. The molecule has 1 amide bonds. The Morgan fingerprint density at radius 1 is 1.37 bits per heavy atom. The van der Waals surface area contributed by atoms with Crippen LogP contribution in [0.1, 0.15) is 33.7 Å². The number of hydrogen-bond donors (Lipinski definition) is 0. The third-order valence-corrected chi connectivity index (χ3v) is 5.51. The van der Waals surface area contributed by atoms with Crippen molar-refractivity contribution in [1.82, 2.24) is 14.7 Å². The summed E-state index contributed by atoms with van der Waals surface area (Å²) in [7, 11) is 0. The Hall–Kier alpha value is -2.87. The Kier molecular flexibility index (Phi) is 4.81. The molecule has 0 N–H and O–H groups in total. The predicted molar refractivity (Wildman–Crippen MR) is 98.4 cm³/mol. The minimum Gasteiger partial charge on any atom is -0.452 e. The van der Waals surface area contributed by atoms with E-state index in [2.05, 4.69) is 5.10 Å². The van der Waals surface area contributed by atoms with Gasteiger partial charge in [-0.05, 0) is 48.6 Å². The van der Waals surface area contributed by atoms with Gasteiger partial charge in [0.15, 0.2) is 6.10 Å². The second-order valence-corrected chi connectivity index (χ2v) is 7.40. The second kappa shape index (κ2) is 7.40. The van der Waals surface area contributed by atoms with Gasteiger partial charge in [0.1, 0.15) is 5.76 Å². The van der Waals surface area contributed by atoms with E-state index in [0.29, 0.717) is 25.4 Å². The van der Waals surface area contributed by atoms with Crippen LogP contribution in [0, 0.1) is 0 Å². The Morgan fingerprint density at radius 3 is 3.07 bits per heavy atom. The van der Waals surface area contributed by atoms with Gasteiger partial charge < -0.3 is 14.1 Å². The first-order valence-electron chi connectivity index (χ1n) is 8.71. The highest BCUT2D eigenvalue weighted by Crippen LogP contribution is 2.24. The maximum atomic E-state index is 12.6. The molecule has 1 unspecified atom stereocenters. The number of carbonyl (C=O) groups is 2. The van der Waals surface area contributed by atoms with Crippen LogP contribution in [0.5, 0.6) is 0 Å². The third kappa shape index (κ3) is 3.80. The maximum absolute atomic E-state index is 12.6. The summed E-state index contributed by atoms with van der Waals surface area (Å²) in [5.41, 5.74) is 1.17. The van der Waals surface area contributed by atoms with Crippen LogP contribution in [-0.4, -0.2) is 39.2 Å². The first kappa shape index (κ1) is 17.5. The molecule has 8 heteroatoms. The number of fused-ring (bicyclic) bond motifs is 1. The molecule has 1 aliphatic heterocycles. The minimum atomic E-state index is -0.864. The van der Waals surface area contributed by atoms with Gasteiger partial charge in [0, 0.05) is 30.4 Å². The maximum Gasteiger partial charge on any atom is 0.375 e. The molecule has 27 heavy (non-hydrogen) atoms. The molecule has 140 valence electrons. The highest BCUT2D eigenvalue weighted by atomic mass is 32.1. The summed E-state index contributed by atoms with van der Waals surface area (Å²) in [6.07, 6.45) is 3.45. The second-order valence-electron chi connectivity index (χ2n) is 6.40. The fourth-order valence-corrected chi connectivity index (χ4v) is 3.98. The Labute approximate surface area is 160 Å². The van der Waals surface area contributed by atoms with Gasteiger partial charge in [0.25, 0.3) is 5.91 Å². The summed E-state index contributed by atoms with van der Waals surface area (Å²) >= 11 is 1.72. The summed E-state index contributed by atoms with van der Waals surface area (Å²) in [5, 5.41) is 6.13. The van der Waals surface area contributed by atoms with Crippen LogP contribution in [0.2, 0.25) is 0 Å². The molecule has 0 aliphatic carbocycles. The topological polar surface area (TPSA) is 77.6 Å². The number of hydrogen-bond acceptors (Lipinski definition) is 6. The monoisotopic (exact) mass is 385 g/mol. The number of ether oxygens (including phenoxy) is 1. The van der Waals surface area contributed by atoms with Gasteiger partial charge in [-0.2, -0.15) is 5.10 Å². The minimum absolute atomic E-state index is 0.0792. The molecule has 3 aromatic heterocycles. The number of carbonyl (C=O) groups excluding carboxylic acids is 2. The molecule has 0 bridgehead atoms. The number of nitrogens with zero attached hydrogens (tertiary/aromatic N) is 3. The van der Waals surface area contributed by atoms with Gasteiger partial charge in [-0.1, -0.05) is 0 Å². The predicted octanol–water partition coefficient (Wildman–Crippen LogP) is 2.72.